The zero-order valence-corrected chi connectivity index (χ0v) is 15.7. The maximum Gasteiger partial charge on any atom is 0.246 e. The van der Waals surface area contributed by atoms with Crippen LogP contribution in [0.15, 0.2) is 43.0 Å². The van der Waals surface area contributed by atoms with Crippen LogP contribution in [0.3, 0.4) is 0 Å². The van der Waals surface area contributed by atoms with E-state index in [2.05, 4.69) is 19.9 Å². The van der Waals surface area contributed by atoms with Crippen molar-refractivity contribution in [2.45, 2.75) is 38.1 Å². The second-order valence-electron chi connectivity index (χ2n) is 7.45. The van der Waals surface area contributed by atoms with E-state index >= 15 is 0 Å². The first-order valence-corrected chi connectivity index (χ1v) is 9.96. The Bertz CT molecular complexity index is 762. The number of likely N-dealkylation sites (tertiary alicyclic amines) is 2. The summed E-state index contributed by atoms with van der Waals surface area (Å²) in [6.07, 6.45) is 12.9. The molecular weight excluding hydrogens is 338 g/mol. The molecule has 0 radical (unpaired) electrons. The maximum atomic E-state index is 12.8. The maximum absolute atomic E-state index is 12.8. The highest BCUT2D eigenvalue weighted by atomic mass is 16.2. The fourth-order valence-electron chi connectivity index (χ4n) is 4.09. The molecule has 142 valence electrons. The molecule has 0 bridgehead atoms. The second kappa shape index (κ2) is 8.48. The third-order valence-electron chi connectivity index (χ3n) is 5.57. The molecule has 4 rings (SSSR count). The van der Waals surface area contributed by atoms with Gasteiger partial charge in [-0.2, -0.15) is 5.10 Å². The zero-order valence-electron chi connectivity index (χ0n) is 15.7. The van der Waals surface area contributed by atoms with E-state index in [0.717, 1.165) is 37.2 Å². The van der Waals surface area contributed by atoms with Crippen LogP contribution >= 0.6 is 0 Å². The van der Waals surface area contributed by atoms with Gasteiger partial charge in [-0.3, -0.25) is 4.79 Å². The molecule has 2 aromatic rings. The van der Waals surface area contributed by atoms with E-state index in [1.165, 1.54) is 38.7 Å². The van der Waals surface area contributed by atoms with Crippen molar-refractivity contribution in [3.63, 3.8) is 0 Å². The number of hydrogen-bond acceptors (Lipinski definition) is 4. The highest BCUT2D eigenvalue weighted by molar-refractivity contribution is 5.92. The predicted octanol–water partition coefficient (Wildman–Crippen LogP) is 2.76. The van der Waals surface area contributed by atoms with Crippen molar-refractivity contribution in [1.82, 2.24) is 24.6 Å². The Balaban J connectivity index is 1.39. The van der Waals surface area contributed by atoms with Crippen molar-refractivity contribution in [3.05, 3.63) is 48.6 Å². The topological polar surface area (TPSA) is 54.3 Å². The molecule has 1 aromatic heterocycles. The van der Waals surface area contributed by atoms with E-state index in [9.17, 15) is 4.79 Å². The smallest absolute Gasteiger partial charge is 0.246 e. The molecule has 2 aliphatic heterocycles. The minimum absolute atomic E-state index is 0.138. The number of hydrogen-bond donors (Lipinski definition) is 0. The van der Waals surface area contributed by atoms with Crippen molar-refractivity contribution in [2.75, 3.05) is 26.2 Å². The summed E-state index contributed by atoms with van der Waals surface area (Å²) in [5, 5.41) is 4.12. The monoisotopic (exact) mass is 365 g/mol. The lowest BCUT2D eigenvalue weighted by Gasteiger charge is -2.37. The summed E-state index contributed by atoms with van der Waals surface area (Å²) in [5.74, 6) is 0.138. The summed E-state index contributed by atoms with van der Waals surface area (Å²) in [7, 11) is 0. The van der Waals surface area contributed by atoms with E-state index in [4.69, 9.17) is 0 Å². The SMILES string of the molecule is O=C(/C=C/c1ccc(-n2cncn2)cc1)N1CCCC[C@H]1CN1CCCC1. The van der Waals surface area contributed by atoms with Crippen LogP contribution in [0, 0.1) is 0 Å². The van der Waals surface area contributed by atoms with E-state index in [0.29, 0.717) is 6.04 Å². The number of amides is 1. The minimum Gasteiger partial charge on any atom is -0.335 e. The van der Waals surface area contributed by atoms with Gasteiger partial charge in [0.25, 0.3) is 0 Å². The first kappa shape index (κ1) is 17.9. The molecule has 1 amide bonds. The number of piperidine rings is 1. The zero-order chi connectivity index (χ0) is 18.5. The van der Waals surface area contributed by atoms with Gasteiger partial charge in [0.2, 0.25) is 5.91 Å². The molecule has 1 atom stereocenters. The van der Waals surface area contributed by atoms with Gasteiger partial charge in [-0.15, -0.1) is 0 Å². The van der Waals surface area contributed by atoms with Gasteiger partial charge < -0.3 is 9.80 Å². The van der Waals surface area contributed by atoms with Gasteiger partial charge in [0, 0.05) is 25.2 Å². The summed E-state index contributed by atoms with van der Waals surface area (Å²) in [4.78, 5) is 21.4. The second-order valence-corrected chi connectivity index (χ2v) is 7.45. The van der Waals surface area contributed by atoms with Gasteiger partial charge in [-0.25, -0.2) is 9.67 Å². The molecule has 3 heterocycles. The average Bonchev–Trinajstić information content (AvgIpc) is 3.41. The summed E-state index contributed by atoms with van der Waals surface area (Å²) in [6, 6.07) is 8.33. The van der Waals surface area contributed by atoms with Gasteiger partial charge in [-0.05, 0) is 69.0 Å². The van der Waals surface area contributed by atoms with Crippen molar-refractivity contribution < 1.29 is 4.79 Å². The number of nitrogens with zero attached hydrogens (tertiary/aromatic N) is 5. The molecule has 6 nitrogen and oxygen atoms in total. The Morgan fingerprint density at radius 1 is 1.07 bits per heavy atom. The Labute approximate surface area is 160 Å². The molecule has 2 saturated heterocycles. The van der Waals surface area contributed by atoms with E-state index < -0.39 is 0 Å². The van der Waals surface area contributed by atoms with Crippen molar-refractivity contribution in [2.24, 2.45) is 0 Å². The van der Waals surface area contributed by atoms with Gasteiger partial charge in [0.05, 0.1) is 5.69 Å². The number of carbonyl (C=O) groups excluding carboxylic acids is 1. The van der Waals surface area contributed by atoms with Gasteiger partial charge >= 0.3 is 0 Å². The standard InChI is InChI=1S/C21H27N5O/c27-21(25-14-2-1-5-20(25)15-24-12-3-4-13-24)11-8-18-6-9-19(10-7-18)26-17-22-16-23-26/h6-11,16-17,20H,1-5,12-15H2/b11-8+/t20-/m0/s1. The third kappa shape index (κ3) is 4.45. The number of benzene rings is 1. The highest BCUT2D eigenvalue weighted by Crippen LogP contribution is 2.21. The van der Waals surface area contributed by atoms with Crippen LogP contribution in [0.25, 0.3) is 11.8 Å². The number of aromatic nitrogens is 3. The molecule has 0 N–H and O–H groups in total. The van der Waals surface area contributed by atoms with Crippen LogP contribution in [0.1, 0.15) is 37.7 Å². The van der Waals surface area contributed by atoms with Crippen LogP contribution < -0.4 is 0 Å². The lowest BCUT2D eigenvalue weighted by Crippen LogP contribution is -2.48. The van der Waals surface area contributed by atoms with Crippen LogP contribution in [0.4, 0.5) is 0 Å². The van der Waals surface area contributed by atoms with E-state index in [1.54, 1.807) is 17.1 Å². The molecule has 2 aliphatic rings. The molecule has 1 aromatic carbocycles. The van der Waals surface area contributed by atoms with Crippen LogP contribution in [0.5, 0.6) is 0 Å². The Hall–Kier alpha value is -2.47. The summed E-state index contributed by atoms with van der Waals surface area (Å²) >= 11 is 0. The Morgan fingerprint density at radius 2 is 1.85 bits per heavy atom. The van der Waals surface area contributed by atoms with E-state index in [1.807, 2.05) is 30.3 Å². The predicted molar refractivity (Wildman–Crippen MR) is 105 cm³/mol. The lowest BCUT2D eigenvalue weighted by atomic mass is 10.0. The third-order valence-corrected chi connectivity index (χ3v) is 5.57. The van der Waals surface area contributed by atoms with Crippen molar-refractivity contribution in [3.8, 4) is 5.69 Å². The quantitative estimate of drug-likeness (QED) is 0.765. The number of rotatable bonds is 5. The molecule has 0 unspecified atom stereocenters. The van der Waals surface area contributed by atoms with Gasteiger partial charge in [0.1, 0.15) is 12.7 Å². The van der Waals surface area contributed by atoms with Crippen LogP contribution in [-0.2, 0) is 4.79 Å². The Morgan fingerprint density at radius 3 is 2.59 bits per heavy atom. The van der Waals surface area contributed by atoms with Crippen LogP contribution in [0.2, 0.25) is 0 Å². The fourth-order valence-corrected chi connectivity index (χ4v) is 4.09. The molecule has 27 heavy (non-hydrogen) atoms. The van der Waals surface area contributed by atoms with Crippen LogP contribution in [-0.4, -0.2) is 62.7 Å². The van der Waals surface area contributed by atoms with Crippen molar-refractivity contribution >= 4 is 12.0 Å². The molecule has 0 spiro atoms. The summed E-state index contributed by atoms with van der Waals surface area (Å²) < 4.78 is 1.72. The molecule has 0 aliphatic carbocycles. The largest absolute Gasteiger partial charge is 0.335 e. The normalized spacial score (nSPS) is 21.2. The summed E-state index contributed by atoms with van der Waals surface area (Å²) in [6.45, 7) is 4.29. The molecular formula is C21H27N5O. The Kier molecular flexibility index (Phi) is 5.63. The van der Waals surface area contributed by atoms with Crippen molar-refractivity contribution in [1.29, 1.82) is 0 Å². The van der Waals surface area contributed by atoms with Gasteiger partial charge in [-0.1, -0.05) is 12.1 Å². The highest BCUT2D eigenvalue weighted by Gasteiger charge is 2.27. The van der Waals surface area contributed by atoms with Gasteiger partial charge in [0.15, 0.2) is 0 Å². The fraction of sp³-hybridized carbons (Fsp3) is 0.476. The molecule has 6 heteroatoms. The lowest BCUT2D eigenvalue weighted by molar-refractivity contribution is -0.129. The number of carbonyl (C=O) groups is 1. The molecule has 0 saturated carbocycles. The average molecular weight is 365 g/mol. The first-order chi connectivity index (χ1) is 13.3. The minimum atomic E-state index is 0.138. The summed E-state index contributed by atoms with van der Waals surface area (Å²) in [5.41, 5.74) is 1.97. The molecule has 2 fully saturated rings. The first-order valence-electron chi connectivity index (χ1n) is 9.96. The van der Waals surface area contributed by atoms with E-state index in [-0.39, 0.29) is 5.91 Å².